The van der Waals surface area contributed by atoms with Crippen molar-refractivity contribution in [1.82, 2.24) is 19.6 Å². The first kappa shape index (κ1) is 14.5. The molecule has 0 fully saturated rings. The minimum absolute atomic E-state index is 0.119. The maximum atomic E-state index is 12.0. The third kappa shape index (κ3) is 3.82. The maximum absolute atomic E-state index is 12.0. The number of carbonyl (C=O) groups excluding carboxylic acids is 1. The molecule has 1 N–H and O–H groups in total. The lowest BCUT2D eigenvalue weighted by molar-refractivity contribution is -0.116. The highest BCUT2D eigenvalue weighted by Gasteiger charge is 2.05. The average molecular weight is 360 g/mol. The van der Waals surface area contributed by atoms with Gasteiger partial charge in [0.2, 0.25) is 5.91 Å². The third-order valence-electron chi connectivity index (χ3n) is 3.02. The molecule has 7 heteroatoms. The lowest BCUT2D eigenvalue weighted by Crippen LogP contribution is -2.19. The second kappa shape index (κ2) is 6.57. The molecule has 0 saturated carbocycles. The fourth-order valence-electron chi connectivity index (χ4n) is 2.10. The molecule has 0 radical (unpaired) electrons. The largest absolute Gasteiger partial charge is 0.324 e. The molecule has 0 atom stereocenters. The Morgan fingerprint density at radius 3 is 2.86 bits per heavy atom. The molecular formula is C15H14BrN5O. The molecule has 3 aromatic rings. The van der Waals surface area contributed by atoms with Gasteiger partial charge in [0.05, 0.1) is 17.2 Å². The second-order valence-corrected chi connectivity index (χ2v) is 5.72. The van der Waals surface area contributed by atoms with Crippen LogP contribution in [-0.4, -0.2) is 25.5 Å². The quantitative estimate of drug-likeness (QED) is 0.761. The van der Waals surface area contributed by atoms with Crippen LogP contribution in [0.4, 0.5) is 5.69 Å². The van der Waals surface area contributed by atoms with Crippen molar-refractivity contribution in [3.05, 3.63) is 65.2 Å². The van der Waals surface area contributed by atoms with Crippen LogP contribution in [0.25, 0.3) is 0 Å². The fraction of sp³-hybridized carbons (Fsp3) is 0.133. The van der Waals surface area contributed by atoms with Crippen LogP contribution in [0.5, 0.6) is 0 Å². The van der Waals surface area contributed by atoms with Crippen LogP contribution < -0.4 is 5.32 Å². The number of nitrogens with one attached hydrogen (secondary N) is 1. The first-order valence-electron chi connectivity index (χ1n) is 6.73. The monoisotopic (exact) mass is 359 g/mol. The van der Waals surface area contributed by atoms with Crippen molar-refractivity contribution in [2.75, 3.05) is 5.32 Å². The van der Waals surface area contributed by atoms with E-state index in [4.69, 9.17) is 0 Å². The van der Waals surface area contributed by atoms with Crippen molar-refractivity contribution in [3.8, 4) is 0 Å². The summed E-state index contributed by atoms with van der Waals surface area (Å²) in [6.45, 7) is 0.845. The number of anilines is 1. The second-order valence-electron chi connectivity index (χ2n) is 4.81. The van der Waals surface area contributed by atoms with Crippen molar-refractivity contribution in [2.24, 2.45) is 0 Å². The third-order valence-corrected chi connectivity index (χ3v) is 3.43. The van der Waals surface area contributed by atoms with Gasteiger partial charge in [-0.05, 0) is 39.7 Å². The van der Waals surface area contributed by atoms with E-state index in [-0.39, 0.29) is 12.5 Å². The summed E-state index contributed by atoms with van der Waals surface area (Å²) in [5.74, 6) is -0.119. The van der Waals surface area contributed by atoms with Crippen LogP contribution in [0.15, 0.2) is 59.6 Å². The Morgan fingerprint density at radius 2 is 2.14 bits per heavy atom. The molecule has 112 valence electrons. The topological polar surface area (TPSA) is 64.7 Å². The normalized spacial score (nSPS) is 10.6. The molecule has 0 aliphatic carbocycles. The van der Waals surface area contributed by atoms with E-state index >= 15 is 0 Å². The molecule has 0 bridgehead atoms. The fourth-order valence-corrected chi connectivity index (χ4v) is 2.43. The Morgan fingerprint density at radius 1 is 1.23 bits per heavy atom. The van der Waals surface area contributed by atoms with Crippen LogP contribution in [0, 0.1) is 0 Å². The molecule has 0 spiro atoms. The number of aromatic nitrogens is 4. The summed E-state index contributed by atoms with van der Waals surface area (Å²) in [6.07, 6.45) is 7.06. The molecule has 1 aromatic carbocycles. The number of amides is 1. The number of hydrogen-bond acceptors (Lipinski definition) is 3. The minimum Gasteiger partial charge on any atom is -0.324 e. The standard InChI is InChI=1S/C15H14BrN5O/c16-13-8-18-21(10-13)11-15(22)19-14-4-1-3-12(7-14)9-20-6-2-5-17-20/h1-8,10H,9,11H2,(H,19,22). The Balaban J connectivity index is 1.63. The van der Waals surface area contributed by atoms with Gasteiger partial charge in [0, 0.05) is 24.3 Å². The van der Waals surface area contributed by atoms with Crippen LogP contribution in [0.3, 0.4) is 0 Å². The number of halogens is 1. The molecule has 1 amide bonds. The van der Waals surface area contributed by atoms with Crippen molar-refractivity contribution >= 4 is 27.5 Å². The van der Waals surface area contributed by atoms with Gasteiger partial charge < -0.3 is 5.32 Å². The molecule has 2 heterocycles. The highest BCUT2D eigenvalue weighted by atomic mass is 79.9. The molecule has 0 saturated heterocycles. The predicted octanol–water partition coefficient (Wildman–Crippen LogP) is 2.53. The number of hydrogen-bond donors (Lipinski definition) is 1. The molecule has 0 unspecified atom stereocenters. The summed E-state index contributed by atoms with van der Waals surface area (Å²) in [5, 5.41) is 11.1. The number of carbonyl (C=O) groups is 1. The predicted molar refractivity (Wildman–Crippen MR) is 86.3 cm³/mol. The summed E-state index contributed by atoms with van der Waals surface area (Å²) < 4.78 is 4.26. The zero-order valence-corrected chi connectivity index (χ0v) is 13.3. The molecule has 0 aliphatic heterocycles. The summed E-state index contributed by atoms with van der Waals surface area (Å²) in [4.78, 5) is 12.0. The van der Waals surface area contributed by atoms with Crippen LogP contribution in [-0.2, 0) is 17.9 Å². The molecule has 0 aliphatic rings. The van der Waals surface area contributed by atoms with Crippen molar-refractivity contribution in [1.29, 1.82) is 0 Å². The average Bonchev–Trinajstić information content (AvgIpc) is 3.11. The first-order chi connectivity index (χ1) is 10.7. The van der Waals surface area contributed by atoms with E-state index in [9.17, 15) is 4.79 Å². The maximum Gasteiger partial charge on any atom is 0.246 e. The van der Waals surface area contributed by atoms with Gasteiger partial charge in [-0.15, -0.1) is 0 Å². The van der Waals surface area contributed by atoms with E-state index < -0.39 is 0 Å². The molecule has 2 aromatic heterocycles. The summed E-state index contributed by atoms with van der Waals surface area (Å²) >= 11 is 3.30. The summed E-state index contributed by atoms with van der Waals surface area (Å²) in [6, 6.07) is 9.61. The SMILES string of the molecule is O=C(Cn1cc(Br)cn1)Nc1cccc(Cn2cccn2)c1. The van der Waals surface area contributed by atoms with Gasteiger partial charge in [-0.2, -0.15) is 10.2 Å². The van der Waals surface area contributed by atoms with E-state index in [1.807, 2.05) is 41.2 Å². The molecule has 22 heavy (non-hydrogen) atoms. The van der Waals surface area contributed by atoms with E-state index in [1.165, 1.54) is 0 Å². The Bertz CT molecular complexity index is 766. The zero-order chi connectivity index (χ0) is 15.4. The smallest absolute Gasteiger partial charge is 0.246 e. The number of rotatable bonds is 5. The van der Waals surface area contributed by atoms with Crippen molar-refractivity contribution < 1.29 is 4.79 Å². The minimum atomic E-state index is -0.119. The summed E-state index contributed by atoms with van der Waals surface area (Å²) in [5.41, 5.74) is 1.84. The van der Waals surface area contributed by atoms with Gasteiger partial charge >= 0.3 is 0 Å². The van der Waals surface area contributed by atoms with E-state index in [1.54, 1.807) is 23.3 Å². The summed E-state index contributed by atoms with van der Waals surface area (Å²) in [7, 11) is 0. The van der Waals surface area contributed by atoms with Crippen LogP contribution in [0.1, 0.15) is 5.56 Å². The molecular weight excluding hydrogens is 346 g/mol. The van der Waals surface area contributed by atoms with Crippen LogP contribution in [0.2, 0.25) is 0 Å². The highest BCUT2D eigenvalue weighted by molar-refractivity contribution is 9.10. The zero-order valence-electron chi connectivity index (χ0n) is 11.7. The van der Waals surface area contributed by atoms with Gasteiger partial charge in [0.1, 0.15) is 6.54 Å². The van der Waals surface area contributed by atoms with Gasteiger partial charge in [0.15, 0.2) is 0 Å². The Labute approximate surface area is 135 Å². The van der Waals surface area contributed by atoms with Gasteiger partial charge in [-0.1, -0.05) is 12.1 Å². The lowest BCUT2D eigenvalue weighted by Gasteiger charge is -2.08. The molecule has 3 rings (SSSR count). The van der Waals surface area contributed by atoms with E-state index in [0.717, 1.165) is 15.7 Å². The number of nitrogens with zero attached hydrogens (tertiary/aromatic N) is 4. The van der Waals surface area contributed by atoms with E-state index in [2.05, 4.69) is 31.4 Å². The highest BCUT2D eigenvalue weighted by Crippen LogP contribution is 2.12. The number of benzene rings is 1. The van der Waals surface area contributed by atoms with Crippen molar-refractivity contribution in [2.45, 2.75) is 13.1 Å². The van der Waals surface area contributed by atoms with Gasteiger partial charge in [0.25, 0.3) is 0 Å². The van der Waals surface area contributed by atoms with Crippen molar-refractivity contribution in [3.63, 3.8) is 0 Å². The lowest BCUT2D eigenvalue weighted by atomic mass is 10.2. The molecule has 6 nitrogen and oxygen atoms in total. The Hall–Kier alpha value is -2.41. The van der Waals surface area contributed by atoms with Crippen LogP contribution >= 0.6 is 15.9 Å². The first-order valence-corrected chi connectivity index (χ1v) is 7.52. The van der Waals surface area contributed by atoms with E-state index in [0.29, 0.717) is 6.54 Å². The van der Waals surface area contributed by atoms with Gasteiger partial charge in [-0.3, -0.25) is 14.2 Å². The van der Waals surface area contributed by atoms with Gasteiger partial charge in [-0.25, -0.2) is 0 Å². The Kier molecular flexibility index (Phi) is 4.34.